The maximum atomic E-state index is 12.4. The number of benzene rings is 1. The molecule has 22 heavy (non-hydrogen) atoms. The van der Waals surface area contributed by atoms with Crippen LogP contribution in [0.4, 0.5) is 10.5 Å². The van der Waals surface area contributed by atoms with Crippen LogP contribution in [-0.2, 0) is 4.79 Å². The first-order chi connectivity index (χ1) is 10.5. The SMILES string of the molecule is CC(C)CCCN(CCCC(N)=O)C(=O)Nc1ccccc1. The van der Waals surface area contributed by atoms with Crippen molar-refractivity contribution in [3.05, 3.63) is 30.3 Å². The first-order valence-corrected chi connectivity index (χ1v) is 7.88. The summed E-state index contributed by atoms with van der Waals surface area (Å²) in [6.45, 7) is 5.57. The number of amides is 3. The Hall–Kier alpha value is -2.04. The third kappa shape index (κ3) is 7.67. The lowest BCUT2D eigenvalue weighted by molar-refractivity contribution is -0.118. The van der Waals surface area contributed by atoms with Crippen LogP contribution >= 0.6 is 0 Å². The van der Waals surface area contributed by atoms with Crippen LogP contribution in [0, 0.1) is 5.92 Å². The van der Waals surface area contributed by atoms with E-state index in [0.29, 0.717) is 31.8 Å². The molecule has 0 saturated heterocycles. The predicted octanol–water partition coefficient (Wildman–Crippen LogP) is 3.22. The summed E-state index contributed by atoms with van der Waals surface area (Å²) in [4.78, 5) is 25.0. The molecule has 0 bridgehead atoms. The van der Waals surface area contributed by atoms with Crippen molar-refractivity contribution in [3.63, 3.8) is 0 Å². The van der Waals surface area contributed by atoms with Gasteiger partial charge in [0.2, 0.25) is 5.91 Å². The summed E-state index contributed by atoms with van der Waals surface area (Å²) < 4.78 is 0. The number of hydrogen-bond acceptors (Lipinski definition) is 2. The molecule has 0 saturated carbocycles. The van der Waals surface area contributed by atoms with Crippen molar-refractivity contribution in [1.29, 1.82) is 0 Å². The minimum absolute atomic E-state index is 0.126. The Morgan fingerprint density at radius 1 is 1.14 bits per heavy atom. The van der Waals surface area contributed by atoms with Gasteiger partial charge in [-0.25, -0.2) is 4.79 Å². The Bertz CT molecular complexity index is 460. The van der Waals surface area contributed by atoms with Crippen LogP contribution in [0.3, 0.4) is 0 Å². The number of carbonyl (C=O) groups excluding carboxylic acids is 2. The third-order valence-electron chi connectivity index (χ3n) is 3.37. The van der Waals surface area contributed by atoms with Gasteiger partial charge in [0, 0.05) is 25.2 Å². The van der Waals surface area contributed by atoms with Crippen LogP contribution in [0.15, 0.2) is 30.3 Å². The van der Waals surface area contributed by atoms with Gasteiger partial charge in [0.25, 0.3) is 0 Å². The van der Waals surface area contributed by atoms with Crippen molar-refractivity contribution in [2.45, 2.75) is 39.5 Å². The molecule has 5 heteroatoms. The fraction of sp³-hybridized carbons (Fsp3) is 0.529. The molecule has 0 heterocycles. The number of nitrogens with one attached hydrogen (secondary N) is 1. The van der Waals surface area contributed by atoms with Gasteiger partial charge in [0.05, 0.1) is 0 Å². The summed E-state index contributed by atoms with van der Waals surface area (Å²) in [5.74, 6) is 0.287. The van der Waals surface area contributed by atoms with E-state index in [1.54, 1.807) is 4.90 Å². The van der Waals surface area contributed by atoms with Crippen LogP contribution < -0.4 is 11.1 Å². The summed E-state index contributed by atoms with van der Waals surface area (Å²) in [6.07, 6.45) is 2.93. The van der Waals surface area contributed by atoms with Gasteiger partial charge in [0.1, 0.15) is 0 Å². The molecule has 1 aromatic carbocycles. The summed E-state index contributed by atoms with van der Waals surface area (Å²) in [5.41, 5.74) is 5.93. The highest BCUT2D eigenvalue weighted by Gasteiger charge is 2.13. The van der Waals surface area contributed by atoms with Gasteiger partial charge < -0.3 is 16.0 Å². The lowest BCUT2D eigenvalue weighted by Gasteiger charge is -2.23. The molecule has 0 aliphatic heterocycles. The van der Waals surface area contributed by atoms with Crippen LogP contribution in [0.25, 0.3) is 0 Å². The number of primary amides is 1. The summed E-state index contributed by atoms with van der Waals surface area (Å²) in [7, 11) is 0. The Labute approximate surface area is 132 Å². The zero-order valence-electron chi connectivity index (χ0n) is 13.5. The molecule has 1 rings (SSSR count). The maximum Gasteiger partial charge on any atom is 0.321 e. The van der Waals surface area contributed by atoms with Gasteiger partial charge in [0.15, 0.2) is 0 Å². The van der Waals surface area contributed by atoms with Crippen molar-refractivity contribution in [2.75, 3.05) is 18.4 Å². The highest BCUT2D eigenvalue weighted by molar-refractivity contribution is 5.89. The minimum Gasteiger partial charge on any atom is -0.370 e. The van der Waals surface area contributed by atoms with E-state index in [0.717, 1.165) is 18.5 Å². The fourth-order valence-electron chi connectivity index (χ4n) is 2.17. The predicted molar refractivity (Wildman–Crippen MR) is 89.5 cm³/mol. The summed E-state index contributed by atoms with van der Waals surface area (Å²) >= 11 is 0. The van der Waals surface area contributed by atoms with Gasteiger partial charge in [-0.05, 0) is 37.3 Å². The van der Waals surface area contributed by atoms with Crippen molar-refractivity contribution < 1.29 is 9.59 Å². The van der Waals surface area contributed by atoms with Crippen LogP contribution in [0.5, 0.6) is 0 Å². The molecule has 3 N–H and O–H groups in total. The zero-order chi connectivity index (χ0) is 16.4. The van der Waals surface area contributed by atoms with Crippen LogP contribution in [0.1, 0.15) is 39.5 Å². The highest BCUT2D eigenvalue weighted by atomic mass is 16.2. The number of anilines is 1. The van der Waals surface area contributed by atoms with Crippen molar-refractivity contribution >= 4 is 17.6 Å². The van der Waals surface area contributed by atoms with Gasteiger partial charge >= 0.3 is 6.03 Å². The second-order valence-electron chi connectivity index (χ2n) is 5.89. The molecule has 0 aliphatic rings. The summed E-state index contributed by atoms with van der Waals surface area (Å²) in [5, 5.41) is 2.89. The average molecular weight is 305 g/mol. The van der Waals surface area contributed by atoms with E-state index in [-0.39, 0.29) is 11.9 Å². The number of hydrogen-bond donors (Lipinski definition) is 2. The Kier molecular flexibility index (Phi) is 8.04. The molecule has 3 amide bonds. The number of rotatable bonds is 9. The van der Waals surface area contributed by atoms with E-state index in [1.165, 1.54) is 0 Å². The maximum absolute atomic E-state index is 12.4. The molecule has 0 radical (unpaired) electrons. The van der Waals surface area contributed by atoms with E-state index in [9.17, 15) is 9.59 Å². The molecular formula is C17H27N3O2. The molecule has 0 fully saturated rings. The molecule has 0 atom stereocenters. The lowest BCUT2D eigenvalue weighted by Crippen LogP contribution is -2.37. The van der Waals surface area contributed by atoms with Crippen LogP contribution in [-0.4, -0.2) is 29.9 Å². The number of carbonyl (C=O) groups is 2. The van der Waals surface area contributed by atoms with E-state index in [2.05, 4.69) is 19.2 Å². The number of urea groups is 1. The topological polar surface area (TPSA) is 75.4 Å². The fourth-order valence-corrected chi connectivity index (χ4v) is 2.17. The van der Waals surface area contributed by atoms with Gasteiger partial charge in [-0.1, -0.05) is 32.0 Å². The minimum atomic E-state index is -0.328. The van der Waals surface area contributed by atoms with Crippen molar-refractivity contribution in [3.8, 4) is 0 Å². The standard InChI is InChI=1S/C17H27N3O2/c1-14(2)8-6-12-20(13-7-11-16(18)21)17(22)19-15-9-4-3-5-10-15/h3-5,9-10,14H,6-8,11-13H2,1-2H3,(H2,18,21)(H,19,22). The smallest absolute Gasteiger partial charge is 0.321 e. The second kappa shape index (κ2) is 9.82. The van der Waals surface area contributed by atoms with Crippen molar-refractivity contribution in [1.82, 2.24) is 4.90 Å². The van der Waals surface area contributed by atoms with E-state index >= 15 is 0 Å². The van der Waals surface area contributed by atoms with E-state index in [1.807, 2.05) is 30.3 Å². The van der Waals surface area contributed by atoms with Gasteiger partial charge in [-0.2, -0.15) is 0 Å². The molecule has 0 unspecified atom stereocenters. The number of nitrogens with zero attached hydrogens (tertiary/aromatic N) is 1. The number of nitrogens with two attached hydrogens (primary N) is 1. The lowest BCUT2D eigenvalue weighted by atomic mass is 10.1. The van der Waals surface area contributed by atoms with Crippen molar-refractivity contribution in [2.24, 2.45) is 11.7 Å². The third-order valence-corrected chi connectivity index (χ3v) is 3.37. The highest BCUT2D eigenvalue weighted by Crippen LogP contribution is 2.10. The van der Waals surface area contributed by atoms with E-state index in [4.69, 9.17) is 5.73 Å². The van der Waals surface area contributed by atoms with Gasteiger partial charge in [-0.15, -0.1) is 0 Å². The largest absolute Gasteiger partial charge is 0.370 e. The normalized spacial score (nSPS) is 10.5. The molecule has 0 aromatic heterocycles. The quantitative estimate of drug-likeness (QED) is 0.735. The van der Waals surface area contributed by atoms with E-state index < -0.39 is 0 Å². The average Bonchev–Trinajstić information content (AvgIpc) is 2.46. The molecule has 122 valence electrons. The monoisotopic (exact) mass is 305 g/mol. The van der Waals surface area contributed by atoms with Gasteiger partial charge in [-0.3, -0.25) is 4.79 Å². The molecule has 5 nitrogen and oxygen atoms in total. The number of para-hydroxylation sites is 1. The molecule has 0 spiro atoms. The summed E-state index contributed by atoms with van der Waals surface area (Å²) in [6, 6.07) is 9.25. The Morgan fingerprint density at radius 2 is 1.77 bits per heavy atom. The first kappa shape index (κ1) is 18.0. The first-order valence-electron chi connectivity index (χ1n) is 7.88. The van der Waals surface area contributed by atoms with Crippen LogP contribution in [0.2, 0.25) is 0 Å². The molecule has 0 aliphatic carbocycles. The Balaban J connectivity index is 2.53. The molecule has 1 aromatic rings. The molecular weight excluding hydrogens is 278 g/mol. The zero-order valence-corrected chi connectivity index (χ0v) is 13.5. The Morgan fingerprint density at radius 3 is 2.36 bits per heavy atom. The second-order valence-corrected chi connectivity index (χ2v) is 5.89.